The minimum atomic E-state index is 0. The van der Waals surface area contributed by atoms with E-state index in [1.165, 1.54) is 0 Å². The molecule has 0 radical (unpaired) electrons. The fourth-order valence-corrected chi connectivity index (χ4v) is 3.59. The monoisotopic (exact) mass is 437 g/mol. The maximum Gasteiger partial charge on any atom is 0.224 e. The third-order valence-electron chi connectivity index (χ3n) is 5.25. The van der Waals surface area contributed by atoms with Crippen LogP contribution in [0.3, 0.4) is 0 Å². The normalized spacial score (nSPS) is 13.5. The van der Waals surface area contributed by atoms with Gasteiger partial charge in [-0.05, 0) is 25.1 Å². The second kappa shape index (κ2) is 9.78. The number of aromatic nitrogens is 3. The first-order valence-corrected chi connectivity index (χ1v) is 10.1. The summed E-state index contributed by atoms with van der Waals surface area (Å²) in [6, 6.07) is 11.9. The molecule has 0 bridgehead atoms. The molecule has 162 valence electrons. The summed E-state index contributed by atoms with van der Waals surface area (Å²) in [7, 11) is 0. The molecule has 31 heavy (non-hydrogen) atoms. The molecule has 2 aromatic heterocycles. The fraction of sp³-hybridized carbons (Fsp3) is 0.304. The second-order valence-corrected chi connectivity index (χ2v) is 7.47. The number of para-hydroxylation sites is 1. The minimum absolute atomic E-state index is 0. The number of hydrogen-bond acceptors (Lipinski definition) is 6. The lowest BCUT2D eigenvalue weighted by atomic mass is 9.98. The molecule has 4 rings (SSSR count). The van der Waals surface area contributed by atoms with Crippen molar-refractivity contribution in [2.75, 3.05) is 29.9 Å². The number of amides is 1. The van der Waals surface area contributed by atoms with E-state index in [9.17, 15) is 4.79 Å². The van der Waals surface area contributed by atoms with Gasteiger partial charge in [0.1, 0.15) is 24.5 Å². The van der Waals surface area contributed by atoms with Crippen LogP contribution in [0, 0.1) is 6.92 Å². The molecule has 3 aromatic rings. The van der Waals surface area contributed by atoms with E-state index >= 15 is 0 Å². The Bertz CT molecular complexity index is 1060. The van der Waals surface area contributed by atoms with Crippen molar-refractivity contribution in [1.82, 2.24) is 15.0 Å². The van der Waals surface area contributed by atoms with Crippen molar-refractivity contribution < 1.29 is 9.53 Å². The van der Waals surface area contributed by atoms with E-state index in [2.05, 4.69) is 33.3 Å². The Balaban J connectivity index is 0.00000272. The van der Waals surface area contributed by atoms with Crippen molar-refractivity contribution >= 4 is 30.9 Å². The highest BCUT2D eigenvalue weighted by Gasteiger charge is 2.25. The maximum atomic E-state index is 12.0. The average Bonchev–Trinajstić information content (AvgIpc) is 2.77. The SMILES string of the molecule is CC(=O)N1CCOc2c([C@H](C)CNc3cc(-c4ccc(C)nc4)ncn3)cccc21.S. The van der Waals surface area contributed by atoms with Gasteiger partial charge >= 0.3 is 0 Å². The standard InChI is InChI=1S/C23H25N5O2.H2S/c1-15(19-5-4-6-21-23(19)30-10-9-28(21)17(3)29)12-25-22-11-20(26-14-27-22)18-8-7-16(2)24-13-18;/h4-8,11,13-15H,9-10,12H2,1-3H3,(H,25,26,27);1H2/t15-;/m1./s1. The number of fused-ring (bicyclic) bond motifs is 1. The van der Waals surface area contributed by atoms with Crippen molar-refractivity contribution in [3.63, 3.8) is 0 Å². The number of nitrogens with one attached hydrogen (secondary N) is 1. The highest BCUT2D eigenvalue weighted by molar-refractivity contribution is 7.59. The number of rotatable bonds is 5. The smallest absolute Gasteiger partial charge is 0.224 e. The van der Waals surface area contributed by atoms with Crippen LogP contribution in [0.2, 0.25) is 0 Å². The number of carbonyl (C=O) groups is 1. The first kappa shape index (κ1) is 22.6. The number of benzene rings is 1. The molecule has 1 N–H and O–H groups in total. The highest BCUT2D eigenvalue weighted by Crippen LogP contribution is 2.38. The molecule has 1 amide bonds. The van der Waals surface area contributed by atoms with E-state index in [1.54, 1.807) is 18.2 Å². The van der Waals surface area contributed by atoms with Crippen LogP contribution in [0.1, 0.15) is 31.0 Å². The molecular formula is C23H27N5O2S. The topological polar surface area (TPSA) is 80.2 Å². The number of nitrogens with zero attached hydrogens (tertiary/aromatic N) is 4. The number of aryl methyl sites for hydroxylation is 1. The van der Waals surface area contributed by atoms with Crippen molar-refractivity contribution in [3.05, 3.63) is 60.2 Å². The molecule has 8 heteroatoms. The molecular weight excluding hydrogens is 410 g/mol. The van der Waals surface area contributed by atoms with Gasteiger partial charge in [-0.15, -0.1) is 0 Å². The van der Waals surface area contributed by atoms with Crippen LogP contribution in [0.4, 0.5) is 11.5 Å². The lowest BCUT2D eigenvalue weighted by Crippen LogP contribution is -2.36. The molecule has 0 aliphatic carbocycles. The summed E-state index contributed by atoms with van der Waals surface area (Å²) in [4.78, 5) is 26.8. The van der Waals surface area contributed by atoms with E-state index in [4.69, 9.17) is 4.74 Å². The Hall–Kier alpha value is -3.13. The van der Waals surface area contributed by atoms with Gasteiger partial charge in [0.15, 0.2) is 0 Å². The van der Waals surface area contributed by atoms with Crippen molar-refractivity contribution in [2.45, 2.75) is 26.7 Å². The quantitative estimate of drug-likeness (QED) is 0.652. The van der Waals surface area contributed by atoms with Gasteiger partial charge in [0.05, 0.1) is 17.9 Å². The van der Waals surface area contributed by atoms with E-state index < -0.39 is 0 Å². The third-order valence-corrected chi connectivity index (χ3v) is 5.25. The van der Waals surface area contributed by atoms with Crippen LogP contribution in [0.15, 0.2) is 48.9 Å². The average molecular weight is 438 g/mol. The number of anilines is 2. The van der Waals surface area contributed by atoms with Gasteiger partial charge in [-0.3, -0.25) is 9.78 Å². The van der Waals surface area contributed by atoms with Crippen LogP contribution >= 0.6 is 13.5 Å². The van der Waals surface area contributed by atoms with Gasteiger partial charge in [0, 0.05) is 48.5 Å². The lowest BCUT2D eigenvalue weighted by Gasteiger charge is -2.31. The van der Waals surface area contributed by atoms with Crippen LogP contribution < -0.4 is 15.0 Å². The summed E-state index contributed by atoms with van der Waals surface area (Å²) in [5.41, 5.74) is 4.66. The zero-order valence-electron chi connectivity index (χ0n) is 17.9. The molecule has 1 aliphatic rings. The third kappa shape index (κ3) is 4.96. The fourth-order valence-electron chi connectivity index (χ4n) is 3.59. The van der Waals surface area contributed by atoms with E-state index in [1.807, 2.05) is 43.5 Å². The summed E-state index contributed by atoms with van der Waals surface area (Å²) in [5.74, 6) is 1.73. The Morgan fingerprint density at radius 1 is 1.23 bits per heavy atom. The van der Waals surface area contributed by atoms with E-state index in [0.29, 0.717) is 19.7 Å². The largest absolute Gasteiger partial charge is 0.489 e. The van der Waals surface area contributed by atoms with Crippen molar-refractivity contribution in [2.24, 2.45) is 0 Å². The number of carbonyl (C=O) groups excluding carboxylic acids is 1. The van der Waals surface area contributed by atoms with Crippen LogP contribution in [-0.2, 0) is 4.79 Å². The summed E-state index contributed by atoms with van der Waals surface area (Å²) < 4.78 is 5.94. The molecule has 0 saturated heterocycles. The van der Waals surface area contributed by atoms with Crippen molar-refractivity contribution in [3.8, 4) is 17.0 Å². The Morgan fingerprint density at radius 2 is 2.06 bits per heavy atom. The molecule has 0 unspecified atom stereocenters. The lowest BCUT2D eigenvalue weighted by molar-refractivity contribution is -0.116. The summed E-state index contributed by atoms with van der Waals surface area (Å²) >= 11 is 0. The second-order valence-electron chi connectivity index (χ2n) is 7.47. The first-order valence-electron chi connectivity index (χ1n) is 10.1. The first-order chi connectivity index (χ1) is 14.5. The molecule has 1 aliphatic heterocycles. The summed E-state index contributed by atoms with van der Waals surface area (Å²) in [5, 5.41) is 3.40. The van der Waals surface area contributed by atoms with Crippen LogP contribution in [0.5, 0.6) is 5.75 Å². The minimum Gasteiger partial charge on any atom is -0.489 e. The van der Waals surface area contributed by atoms with Gasteiger partial charge in [0.2, 0.25) is 5.91 Å². The summed E-state index contributed by atoms with van der Waals surface area (Å²) in [6.07, 6.45) is 3.37. The summed E-state index contributed by atoms with van der Waals surface area (Å²) in [6.45, 7) is 7.43. The van der Waals surface area contributed by atoms with E-state index in [0.717, 1.165) is 39.8 Å². The van der Waals surface area contributed by atoms with Gasteiger partial charge in [-0.25, -0.2) is 9.97 Å². The Labute approximate surface area is 189 Å². The Morgan fingerprint density at radius 3 is 2.81 bits per heavy atom. The van der Waals surface area contributed by atoms with Gasteiger partial charge in [-0.2, -0.15) is 13.5 Å². The van der Waals surface area contributed by atoms with Crippen LogP contribution in [0.25, 0.3) is 11.3 Å². The van der Waals surface area contributed by atoms with Gasteiger partial charge < -0.3 is 15.0 Å². The van der Waals surface area contributed by atoms with Crippen molar-refractivity contribution in [1.29, 1.82) is 0 Å². The van der Waals surface area contributed by atoms with Gasteiger partial charge in [0.25, 0.3) is 0 Å². The molecule has 1 atom stereocenters. The number of hydrogen-bond donors (Lipinski definition) is 1. The predicted octanol–water partition coefficient (Wildman–Crippen LogP) is 3.92. The van der Waals surface area contributed by atoms with Gasteiger partial charge in [-0.1, -0.05) is 19.1 Å². The molecule has 0 saturated carbocycles. The molecule has 0 spiro atoms. The zero-order valence-corrected chi connectivity index (χ0v) is 18.9. The molecule has 7 nitrogen and oxygen atoms in total. The Kier molecular flexibility index (Phi) is 7.12. The molecule has 3 heterocycles. The zero-order chi connectivity index (χ0) is 21.1. The molecule has 1 aromatic carbocycles. The maximum absolute atomic E-state index is 12.0. The predicted molar refractivity (Wildman–Crippen MR) is 127 cm³/mol. The number of pyridine rings is 1. The molecule has 0 fully saturated rings. The highest BCUT2D eigenvalue weighted by atomic mass is 32.1. The number of ether oxygens (including phenoxy) is 1. The van der Waals surface area contributed by atoms with Crippen LogP contribution in [-0.4, -0.2) is 40.6 Å². The van der Waals surface area contributed by atoms with E-state index in [-0.39, 0.29) is 25.3 Å².